The summed E-state index contributed by atoms with van der Waals surface area (Å²) in [5, 5.41) is 0. The molecule has 1 aromatic rings. The fraction of sp³-hybridized carbons (Fsp3) is 0.714. The minimum Gasteiger partial charge on any atom is -0.376 e. The van der Waals surface area contributed by atoms with Gasteiger partial charge in [0, 0.05) is 29.4 Å². The van der Waals surface area contributed by atoms with Gasteiger partial charge in [0.1, 0.15) is 0 Å². The molecule has 2 aliphatic heterocycles. The van der Waals surface area contributed by atoms with E-state index in [1.54, 1.807) is 19.9 Å². The normalized spacial score (nSPS) is 29.0. The molecular formula is C14H22N2O3S2. The van der Waals surface area contributed by atoms with Gasteiger partial charge in [0.05, 0.1) is 18.8 Å². The van der Waals surface area contributed by atoms with Gasteiger partial charge in [0.15, 0.2) is 0 Å². The van der Waals surface area contributed by atoms with Crippen molar-refractivity contribution >= 4 is 21.5 Å². The van der Waals surface area contributed by atoms with E-state index >= 15 is 0 Å². The molecule has 0 unspecified atom stereocenters. The molecule has 7 heteroatoms. The third-order valence-electron chi connectivity index (χ3n) is 4.12. The van der Waals surface area contributed by atoms with Crippen molar-refractivity contribution in [3.63, 3.8) is 0 Å². The first-order valence-corrected chi connectivity index (χ1v) is 9.64. The summed E-state index contributed by atoms with van der Waals surface area (Å²) < 4.78 is 34.6. The number of aryl methyl sites for hydroxylation is 1. The zero-order valence-electron chi connectivity index (χ0n) is 12.5. The van der Waals surface area contributed by atoms with Gasteiger partial charge in [-0.15, -0.1) is 11.3 Å². The van der Waals surface area contributed by atoms with Crippen LogP contribution in [0.15, 0.2) is 12.1 Å². The zero-order chi connectivity index (χ0) is 15.0. The van der Waals surface area contributed by atoms with Crippen molar-refractivity contribution in [3.8, 4) is 0 Å². The van der Waals surface area contributed by atoms with E-state index in [1.807, 2.05) is 6.92 Å². The summed E-state index contributed by atoms with van der Waals surface area (Å²) in [6, 6.07) is 4.15. The molecule has 2 atom stereocenters. The van der Waals surface area contributed by atoms with Gasteiger partial charge < -0.3 is 4.74 Å². The standard InChI is InChI=1S/C14H22N2O3S2/c1-11-10-15(8-9-19-11)21(17,18)16-7-3-4-13(16)14-6-5-12(2)20-14/h5-6,11,13H,3-4,7-10H2,1-2H3/t11-,13+/m1/s1. The molecule has 5 nitrogen and oxygen atoms in total. The van der Waals surface area contributed by atoms with Crippen molar-refractivity contribution in [3.05, 3.63) is 21.9 Å². The number of hydrogen-bond acceptors (Lipinski definition) is 4. The number of morpholine rings is 1. The zero-order valence-corrected chi connectivity index (χ0v) is 14.1. The van der Waals surface area contributed by atoms with Gasteiger partial charge in [-0.3, -0.25) is 0 Å². The SMILES string of the molecule is Cc1ccc([C@@H]2CCCN2S(=O)(=O)N2CCO[C@H](C)C2)s1. The number of ether oxygens (including phenoxy) is 1. The van der Waals surface area contributed by atoms with E-state index < -0.39 is 10.2 Å². The minimum atomic E-state index is -3.39. The molecule has 2 aliphatic rings. The van der Waals surface area contributed by atoms with Gasteiger partial charge in [-0.05, 0) is 38.8 Å². The highest BCUT2D eigenvalue weighted by atomic mass is 32.2. The lowest BCUT2D eigenvalue weighted by Crippen LogP contribution is -2.50. The second-order valence-corrected chi connectivity index (χ2v) is 8.96. The van der Waals surface area contributed by atoms with E-state index in [0.717, 1.165) is 17.7 Å². The number of hydrogen-bond donors (Lipinski definition) is 0. The van der Waals surface area contributed by atoms with E-state index in [0.29, 0.717) is 26.2 Å². The van der Waals surface area contributed by atoms with Crippen molar-refractivity contribution in [1.29, 1.82) is 0 Å². The van der Waals surface area contributed by atoms with E-state index in [1.165, 1.54) is 4.88 Å². The summed E-state index contributed by atoms with van der Waals surface area (Å²) in [4.78, 5) is 2.39. The molecule has 0 aromatic carbocycles. The van der Waals surface area contributed by atoms with Crippen LogP contribution in [0.25, 0.3) is 0 Å². The summed E-state index contributed by atoms with van der Waals surface area (Å²) in [6.45, 7) is 6.00. The molecule has 1 aromatic heterocycles. The lowest BCUT2D eigenvalue weighted by Gasteiger charge is -2.35. The smallest absolute Gasteiger partial charge is 0.282 e. The Bertz CT molecular complexity index is 599. The van der Waals surface area contributed by atoms with Gasteiger partial charge >= 0.3 is 0 Å². The minimum absolute atomic E-state index is 0.00634. The first kappa shape index (κ1) is 15.4. The van der Waals surface area contributed by atoms with Crippen LogP contribution in [0, 0.1) is 6.92 Å². The largest absolute Gasteiger partial charge is 0.376 e. The molecule has 0 amide bonds. The van der Waals surface area contributed by atoms with Crippen LogP contribution in [0.3, 0.4) is 0 Å². The predicted octanol–water partition coefficient (Wildman–Crippen LogP) is 2.16. The number of thiophene rings is 1. The van der Waals surface area contributed by atoms with Gasteiger partial charge in [0.2, 0.25) is 0 Å². The Balaban J connectivity index is 1.83. The summed E-state index contributed by atoms with van der Waals surface area (Å²) in [6.07, 6.45) is 1.82. The van der Waals surface area contributed by atoms with Crippen LogP contribution < -0.4 is 0 Å². The average Bonchev–Trinajstić information content (AvgIpc) is 3.07. The maximum absolute atomic E-state index is 12.9. The highest BCUT2D eigenvalue weighted by molar-refractivity contribution is 7.86. The van der Waals surface area contributed by atoms with E-state index in [2.05, 4.69) is 19.1 Å². The lowest BCUT2D eigenvalue weighted by atomic mass is 10.2. The van der Waals surface area contributed by atoms with Crippen LogP contribution in [0.5, 0.6) is 0 Å². The van der Waals surface area contributed by atoms with Gasteiger partial charge in [-0.2, -0.15) is 17.0 Å². The Kier molecular flexibility index (Phi) is 4.38. The number of nitrogens with zero attached hydrogens (tertiary/aromatic N) is 2. The second-order valence-electron chi connectivity index (χ2n) is 5.76. The highest BCUT2D eigenvalue weighted by Gasteiger charge is 2.40. The Hall–Kier alpha value is -0.470. The maximum Gasteiger partial charge on any atom is 0.282 e. The second kappa shape index (κ2) is 5.96. The molecule has 0 bridgehead atoms. The molecule has 0 spiro atoms. The summed E-state index contributed by atoms with van der Waals surface area (Å²) in [5.74, 6) is 0. The van der Waals surface area contributed by atoms with Crippen molar-refractivity contribution in [2.24, 2.45) is 0 Å². The summed E-state index contributed by atoms with van der Waals surface area (Å²) in [5.41, 5.74) is 0. The molecule has 0 saturated carbocycles. The molecule has 0 aliphatic carbocycles. The van der Waals surface area contributed by atoms with Gasteiger partial charge in [0.25, 0.3) is 10.2 Å². The number of rotatable bonds is 3. The fourth-order valence-corrected chi connectivity index (χ4v) is 6.07. The van der Waals surface area contributed by atoms with Crippen LogP contribution in [-0.2, 0) is 14.9 Å². The Morgan fingerprint density at radius 1 is 1.33 bits per heavy atom. The van der Waals surface area contributed by atoms with Crippen molar-refractivity contribution < 1.29 is 13.2 Å². The quantitative estimate of drug-likeness (QED) is 0.853. The van der Waals surface area contributed by atoms with Crippen molar-refractivity contribution in [2.75, 3.05) is 26.2 Å². The molecule has 3 rings (SSSR count). The van der Waals surface area contributed by atoms with Gasteiger partial charge in [-0.25, -0.2) is 0 Å². The van der Waals surface area contributed by atoms with Crippen molar-refractivity contribution in [2.45, 2.75) is 38.8 Å². The lowest BCUT2D eigenvalue weighted by molar-refractivity contribution is 0.00812. The van der Waals surface area contributed by atoms with E-state index in [4.69, 9.17) is 4.74 Å². The highest BCUT2D eigenvalue weighted by Crippen LogP contribution is 2.38. The van der Waals surface area contributed by atoms with Crippen LogP contribution in [0.4, 0.5) is 0 Å². The van der Waals surface area contributed by atoms with E-state index in [-0.39, 0.29) is 12.1 Å². The first-order valence-electron chi connectivity index (χ1n) is 7.43. The molecule has 118 valence electrons. The van der Waals surface area contributed by atoms with E-state index in [9.17, 15) is 8.42 Å². The predicted molar refractivity (Wildman–Crippen MR) is 83.6 cm³/mol. The Labute approximate surface area is 130 Å². The van der Waals surface area contributed by atoms with Gasteiger partial charge in [-0.1, -0.05) is 0 Å². The average molecular weight is 330 g/mol. The van der Waals surface area contributed by atoms with Crippen LogP contribution in [0.1, 0.15) is 35.6 Å². The van der Waals surface area contributed by atoms with Crippen LogP contribution >= 0.6 is 11.3 Å². The molecular weight excluding hydrogens is 308 g/mol. The third-order valence-corrected chi connectivity index (χ3v) is 7.24. The van der Waals surface area contributed by atoms with Crippen LogP contribution in [0.2, 0.25) is 0 Å². The molecule has 2 fully saturated rings. The molecule has 3 heterocycles. The monoisotopic (exact) mass is 330 g/mol. The summed E-state index contributed by atoms with van der Waals surface area (Å²) >= 11 is 1.70. The molecule has 21 heavy (non-hydrogen) atoms. The summed E-state index contributed by atoms with van der Waals surface area (Å²) in [7, 11) is -3.39. The fourth-order valence-electron chi connectivity index (χ4n) is 3.08. The van der Waals surface area contributed by atoms with Crippen molar-refractivity contribution in [1.82, 2.24) is 8.61 Å². The first-order chi connectivity index (χ1) is 9.98. The Morgan fingerprint density at radius 3 is 2.81 bits per heavy atom. The third kappa shape index (κ3) is 3.03. The molecule has 2 saturated heterocycles. The topological polar surface area (TPSA) is 49.9 Å². The molecule has 0 radical (unpaired) electrons. The molecule has 0 N–H and O–H groups in total. The Morgan fingerprint density at radius 2 is 2.14 bits per heavy atom. The van der Waals surface area contributed by atoms with Crippen LogP contribution in [-0.4, -0.2) is 49.4 Å². The maximum atomic E-state index is 12.9.